The standard InChI is InChI=1S/C26H25Cl2N3O7S/c1-4-37-20-11-9-19(10-12-20)31-39(35,36)24-13-21(22(27)14-23(24)28)26(34)38-15(2)25(33)30-18-7-5-17(6-8-18)29-16(3)32/h5-15,31H,4H2,1-3H3,(H,29,32)(H,30,33). The molecular formula is C26H25Cl2N3O7S. The Kier molecular flexibility index (Phi) is 9.79. The molecule has 0 spiro atoms. The molecule has 39 heavy (non-hydrogen) atoms. The molecule has 0 fully saturated rings. The number of benzene rings is 3. The molecule has 13 heteroatoms. The van der Waals surface area contributed by atoms with Gasteiger partial charge in [0.2, 0.25) is 5.91 Å². The highest BCUT2D eigenvalue weighted by Gasteiger charge is 2.26. The highest BCUT2D eigenvalue weighted by Crippen LogP contribution is 2.31. The fourth-order valence-corrected chi connectivity index (χ4v) is 5.16. The van der Waals surface area contributed by atoms with Crippen LogP contribution in [0.1, 0.15) is 31.1 Å². The molecule has 0 saturated heterocycles. The van der Waals surface area contributed by atoms with Gasteiger partial charge < -0.3 is 20.1 Å². The quantitative estimate of drug-likeness (QED) is 0.270. The molecule has 3 rings (SSSR count). The summed E-state index contributed by atoms with van der Waals surface area (Å²) in [5, 5.41) is 4.80. The van der Waals surface area contributed by atoms with E-state index in [0.717, 1.165) is 12.1 Å². The number of amides is 2. The van der Waals surface area contributed by atoms with Crippen molar-refractivity contribution < 1.29 is 32.3 Å². The van der Waals surface area contributed by atoms with Gasteiger partial charge in [-0.1, -0.05) is 23.2 Å². The van der Waals surface area contributed by atoms with Gasteiger partial charge >= 0.3 is 5.97 Å². The topological polar surface area (TPSA) is 140 Å². The molecule has 0 aliphatic carbocycles. The van der Waals surface area contributed by atoms with Crippen LogP contribution in [0.2, 0.25) is 10.0 Å². The first-order chi connectivity index (χ1) is 18.4. The summed E-state index contributed by atoms with van der Waals surface area (Å²) in [7, 11) is -4.23. The lowest BCUT2D eigenvalue weighted by molar-refractivity contribution is -0.123. The molecule has 0 heterocycles. The van der Waals surface area contributed by atoms with E-state index in [1.807, 2.05) is 6.92 Å². The van der Waals surface area contributed by atoms with E-state index in [1.54, 1.807) is 36.4 Å². The molecule has 2 amide bonds. The van der Waals surface area contributed by atoms with Crippen LogP contribution >= 0.6 is 23.2 Å². The Morgan fingerprint density at radius 3 is 2.00 bits per heavy atom. The number of rotatable bonds is 10. The number of anilines is 3. The van der Waals surface area contributed by atoms with Crippen molar-refractivity contribution in [2.45, 2.75) is 31.8 Å². The largest absolute Gasteiger partial charge is 0.494 e. The second-order valence-electron chi connectivity index (χ2n) is 8.12. The van der Waals surface area contributed by atoms with E-state index in [1.165, 1.54) is 26.0 Å². The van der Waals surface area contributed by atoms with Gasteiger partial charge in [-0.25, -0.2) is 13.2 Å². The molecule has 0 saturated carbocycles. The van der Waals surface area contributed by atoms with Gasteiger partial charge in [0.15, 0.2) is 6.10 Å². The Labute approximate surface area is 235 Å². The van der Waals surface area contributed by atoms with Crippen LogP contribution < -0.4 is 20.1 Å². The number of carbonyl (C=O) groups excluding carboxylic acids is 3. The maximum absolute atomic E-state index is 13.0. The second-order valence-corrected chi connectivity index (χ2v) is 10.6. The van der Waals surface area contributed by atoms with Crippen LogP contribution in [-0.4, -0.2) is 38.9 Å². The Hall–Kier alpha value is -3.80. The summed E-state index contributed by atoms with van der Waals surface area (Å²) < 4.78 is 39.0. The SMILES string of the molecule is CCOc1ccc(NS(=O)(=O)c2cc(C(=O)OC(C)C(=O)Nc3ccc(NC(C)=O)cc3)c(Cl)cc2Cl)cc1. The third-order valence-electron chi connectivity index (χ3n) is 5.07. The van der Waals surface area contributed by atoms with E-state index in [9.17, 15) is 22.8 Å². The van der Waals surface area contributed by atoms with Gasteiger partial charge in [0.05, 0.1) is 22.2 Å². The van der Waals surface area contributed by atoms with Crippen LogP contribution in [0.4, 0.5) is 17.1 Å². The normalized spacial score (nSPS) is 11.7. The maximum atomic E-state index is 13.0. The average molecular weight is 594 g/mol. The van der Waals surface area contributed by atoms with Crippen molar-refractivity contribution in [2.75, 3.05) is 22.0 Å². The van der Waals surface area contributed by atoms with Crippen molar-refractivity contribution in [2.24, 2.45) is 0 Å². The highest BCUT2D eigenvalue weighted by atomic mass is 35.5. The molecule has 1 unspecified atom stereocenters. The zero-order valence-corrected chi connectivity index (χ0v) is 23.4. The van der Waals surface area contributed by atoms with Gasteiger partial charge in [0, 0.05) is 24.0 Å². The first-order valence-corrected chi connectivity index (χ1v) is 13.8. The van der Waals surface area contributed by atoms with Crippen molar-refractivity contribution in [1.29, 1.82) is 0 Å². The minimum Gasteiger partial charge on any atom is -0.494 e. The van der Waals surface area contributed by atoms with Crippen LogP contribution in [0.5, 0.6) is 5.75 Å². The van der Waals surface area contributed by atoms with Gasteiger partial charge in [-0.05, 0) is 74.5 Å². The van der Waals surface area contributed by atoms with Crippen molar-refractivity contribution in [3.05, 3.63) is 76.3 Å². The summed E-state index contributed by atoms with van der Waals surface area (Å²) in [6, 6.07) is 14.6. The first kappa shape index (κ1) is 29.8. The van der Waals surface area contributed by atoms with Crippen LogP contribution in [0, 0.1) is 0 Å². The number of halogens is 2. The molecule has 3 aromatic carbocycles. The molecule has 0 aliphatic rings. The zero-order chi connectivity index (χ0) is 28.7. The molecule has 3 N–H and O–H groups in total. The Balaban J connectivity index is 1.72. The average Bonchev–Trinajstić information content (AvgIpc) is 2.85. The minimum absolute atomic E-state index is 0.161. The highest BCUT2D eigenvalue weighted by molar-refractivity contribution is 7.92. The summed E-state index contributed by atoms with van der Waals surface area (Å²) in [6.45, 7) is 4.99. The Morgan fingerprint density at radius 1 is 0.872 bits per heavy atom. The molecule has 10 nitrogen and oxygen atoms in total. The van der Waals surface area contributed by atoms with E-state index < -0.39 is 32.9 Å². The number of ether oxygens (including phenoxy) is 2. The lowest BCUT2D eigenvalue weighted by Gasteiger charge is -2.16. The lowest BCUT2D eigenvalue weighted by Crippen LogP contribution is -2.30. The van der Waals surface area contributed by atoms with Crippen molar-refractivity contribution in [3.8, 4) is 5.75 Å². The Morgan fingerprint density at radius 2 is 1.44 bits per heavy atom. The fraction of sp³-hybridized carbons (Fsp3) is 0.192. The summed E-state index contributed by atoms with van der Waals surface area (Å²) >= 11 is 12.3. The van der Waals surface area contributed by atoms with Crippen molar-refractivity contribution >= 4 is 68.1 Å². The van der Waals surface area contributed by atoms with E-state index in [4.69, 9.17) is 32.7 Å². The number of nitrogens with one attached hydrogen (secondary N) is 3. The maximum Gasteiger partial charge on any atom is 0.340 e. The molecule has 0 aliphatic heterocycles. The monoisotopic (exact) mass is 593 g/mol. The molecule has 3 aromatic rings. The lowest BCUT2D eigenvalue weighted by atomic mass is 10.2. The predicted octanol–water partition coefficient (Wildman–Crippen LogP) is 5.34. The van der Waals surface area contributed by atoms with Crippen LogP contribution in [0.3, 0.4) is 0 Å². The van der Waals surface area contributed by atoms with Crippen LogP contribution in [-0.2, 0) is 24.3 Å². The fourth-order valence-electron chi connectivity index (χ4n) is 3.25. The van der Waals surface area contributed by atoms with Crippen LogP contribution in [0.25, 0.3) is 0 Å². The smallest absolute Gasteiger partial charge is 0.340 e. The second kappa shape index (κ2) is 12.8. The summed E-state index contributed by atoms with van der Waals surface area (Å²) in [4.78, 5) is 36.1. The van der Waals surface area contributed by atoms with E-state index in [2.05, 4.69) is 15.4 Å². The summed E-state index contributed by atoms with van der Waals surface area (Å²) in [5.41, 5.74) is 0.881. The van der Waals surface area contributed by atoms with Crippen molar-refractivity contribution in [3.63, 3.8) is 0 Å². The van der Waals surface area contributed by atoms with Gasteiger partial charge in [-0.15, -0.1) is 0 Å². The third kappa shape index (κ3) is 8.09. The molecule has 0 radical (unpaired) electrons. The number of carbonyl (C=O) groups is 3. The number of hydrogen-bond acceptors (Lipinski definition) is 7. The predicted molar refractivity (Wildman–Crippen MR) is 149 cm³/mol. The number of sulfonamides is 1. The first-order valence-electron chi connectivity index (χ1n) is 11.5. The molecule has 0 aromatic heterocycles. The van der Waals surface area contributed by atoms with Gasteiger partial charge in [0.1, 0.15) is 10.6 Å². The Bertz CT molecular complexity index is 1480. The molecular weight excluding hydrogens is 569 g/mol. The van der Waals surface area contributed by atoms with Crippen molar-refractivity contribution in [1.82, 2.24) is 0 Å². The van der Waals surface area contributed by atoms with Gasteiger partial charge in [0.25, 0.3) is 15.9 Å². The number of esters is 1. The van der Waals surface area contributed by atoms with Crippen LogP contribution in [0.15, 0.2) is 65.6 Å². The summed E-state index contributed by atoms with van der Waals surface area (Å²) in [5.74, 6) is -1.35. The van der Waals surface area contributed by atoms with Gasteiger partial charge in [-0.3, -0.25) is 14.3 Å². The summed E-state index contributed by atoms with van der Waals surface area (Å²) in [6.07, 6.45) is -1.26. The van der Waals surface area contributed by atoms with E-state index in [0.29, 0.717) is 23.7 Å². The molecule has 206 valence electrons. The molecule has 1 atom stereocenters. The van der Waals surface area contributed by atoms with Gasteiger partial charge in [-0.2, -0.15) is 0 Å². The number of hydrogen-bond donors (Lipinski definition) is 3. The molecule has 0 bridgehead atoms. The van der Waals surface area contributed by atoms with E-state index in [-0.39, 0.29) is 27.2 Å². The minimum atomic E-state index is -4.23. The zero-order valence-electron chi connectivity index (χ0n) is 21.1. The van der Waals surface area contributed by atoms with E-state index >= 15 is 0 Å². The third-order valence-corrected chi connectivity index (χ3v) is 7.23.